The summed E-state index contributed by atoms with van der Waals surface area (Å²) in [5, 5.41) is 11.6. The molecule has 1 aromatic heterocycles. The number of benzene rings is 2. The Morgan fingerprint density at radius 1 is 1.03 bits per heavy atom. The third kappa shape index (κ3) is 5.76. The molecule has 1 heterocycles. The van der Waals surface area contributed by atoms with Gasteiger partial charge in [-0.05, 0) is 42.3 Å². The summed E-state index contributed by atoms with van der Waals surface area (Å²) in [5.74, 6) is -0.428. The molecule has 7 nitrogen and oxygen atoms in total. The molecule has 0 spiro atoms. The standard InChI is InChI=1S/C21H20ClN5O2/c1-14(17-7-9-20(10-8-17)24-15(2)28)25-26-21(29)18-5-3-16(4-6-18)12-27-13-19(22)11-23-27/h3-11,13H,12H2,1-2H3,(H,24,28)(H,26,29). The van der Waals surface area contributed by atoms with E-state index in [1.807, 2.05) is 24.3 Å². The number of amides is 2. The minimum absolute atomic E-state index is 0.130. The van der Waals surface area contributed by atoms with E-state index < -0.39 is 0 Å². The van der Waals surface area contributed by atoms with Crippen molar-refractivity contribution in [2.75, 3.05) is 5.32 Å². The second-order valence-electron chi connectivity index (χ2n) is 6.45. The van der Waals surface area contributed by atoms with Gasteiger partial charge in [0.25, 0.3) is 5.91 Å². The van der Waals surface area contributed by atoms with Gasteiger partial charge < -0.3 is 5.32 Å². The second kappa shape index (κ2) is 9.16. The van der Waals surface area contributed by atoms with E-state index in [2.05, 4.69) is 20.9 Å². The zero-order valence-corrected chi connectivity index (χ0v) is 16.8. The lowest BCUT2D eigenvalue weighted by Gasteiger charge is -2.06. The van der Waals surface area contributed by atoms with Crippen molar-refractivity contribution in [3.63, 3.8) is 0 Å². The molecule has 2 N–H and O–H groups in total. The Balaban J connectivity index is 1.59. The van der Waals surface area contributed by atoms with Crippen LogP contribution >= 0.6 is 11.6 Å². The lowest BCUT2D eigenvalue weighted by Crippen LogP contribution is -2.19. The monoisotopic (exact) mass is 409 g/mol. The lowest BCUT2D eigenvalue weighted by atomic mass is 10.1. The van der Waals surface area contributed by atoms with Gasteiger partial charge in [-0.1, -0.05) is 35.9 Å². The normalized spacial score (nSPS) is 11.2. The fourth-order valence-corrected chi connectivity index (χ4v) is 2.79. The van der Waals surface area contributed by atoms with Crippen molar-refractivity contribution in [3.8, 4) is 0 Å². The van der Waals surface area contributed by atoms with Crippen LogP contribution in [0.2, 0.25) is 5.02 Å². The Labute approximate surface area is 173 Å². The molecule has 0 unspecified atom stereocenters. The summed E-state index contributed by atoms with van der Waals surface area (Å²) in [6, 6.07) is 14.4. The Bertz CT molecular complexity index is 1040. The van der Waals surface area contributed by atoms with E-state index in [1.165, 1.54) is 6.92 Å². The Morgan fingerprint density at radius 3 is 2.28 bits per heavy atom. The topological polar surface area (TPSA) is 88.4 Å². The fourth-order valence-electron chi connectivity index (χ4n) is 2.64. The van der Waals surface area contributed by atoms with Crippen LogP contribution in [-0.2, 0) is 11.3 Å². The van der Waals surface area contributed by atoms with Gasteiger partial charge in [0.2, 0.25) is 5.91 Å². The maximum atomic E-state index is 12.3. The molecule has 0 bridgehead atoms. The molecule has 2 amide bonds. The van der Waals surface area contributed by atoms with Gasteiger partial charge in [-0.2, -0.15) is 10.2 Å². The van der Waals surface area contributed by atoms with Crippen LogP contribution in [0.1, 0.15) is 35.3 Å². The zero-order chi connectivity index (χ0) is 20.8. The van der Waals surface area contributed by atoms with Crippen LogP contribution in [0.4, 0.5) is 5.69 Å². The number of aromatic nitrogens is 2. The van der Waals surface area contributed by atoms with Crippen LogP contribution in [0.15, 0.2) is 66.0 Å². The van der Waals surface area contributed by atoms with Crippen LogP contribution in [0.25, 0.3) is 0 Å². The van der Waals surface area contributed by atoms with Crippen LogP contribution < -0.4 is 10.7 Å². The summed E-state index contributed by atoms with van der Waals surface area (Å²) in [5.41, 5.74) is 6.26. The Kier molecular flexibility index (Phi) is 6.41. The number of halogens is 1. The van der Waals surface area contributed by atoms with Crippen molar-refractivity contribution in [2.24, 2.45) is 5.10 Å². The van der Waals surface area contributed by atoms with E-state index in [4.69, 9.17) is 11.6 Å². The lowest BCUT2D eigenvalue weighted by molar-refractivity contribution is -0.114. The second-order valence-corrected chi connectivity index (χ2v) is 6.89. The third-order valence-electron chi connectivity index (χ3n) is 4.11. The van der Waals surface area contributed by atoms with Gasteiger partial charge in [0.05, 0.1) is 23.5 Å². The van der Waals surface area contributed by atoms with Crippen LogP contribution in [-0.4, -0.2) is 27.3 Å². The largest absolute Gasteiger partial charge is 0.326 e. The number of hydrogen-bond donors (Lipinski definition) is 2. The Hall–Kier alpha value is -3.45. The number of hydrazone groups is 1. The molecule has 0 saturated carbocycles. The van der Waals surface area contributed by atoms with Crippen molar-refractivity contribution in [1.29, 1.82) is 0 Å². The maximum absolute atomic E-state index is 12.3. The predicted molar refractivity (Wildman–Crippen MR) is 113 cm³/mol. The molecule has 3 aromatic rings. The molecule has 0 aliphatic carbocycles. The number of anilines is 1. The van der Waals surface area contributed by atoms with Gasteiger partial charge in [0.1, 0.15) is 0 Å². The van der Waals surface area contributed by atoms with Crippen LogP contribution in [0, 0.1) is 0 Å². The molecule has 0 saturated heterocycles. The molecule has 0 atom stereocenters. The minimum atomic E-state index is -0.298. The highest BCUT2D eigenvalue weighted by Crippen LogP contribution is 2.11. The number of carbonyl (C=O) groups excluding carboxylic acids is 2. The van der Waals surface area contributed by atoms with Crippen molar-refractivity contribution < 1.29 is 9.59 Å². The van der Waals surface area contributed by atoms with Gasteiger partial charge in [-0.15, -0.1) is 0 Å². The first kappa shape index (κ1) is 20.3. The third-order valence-corrected chi connectivity index (χ3v) is 4.31. The SMILES string of the molecule is CC(=O)Nc1ccc(C(C)=NNC(=O)c2ccc(Cn3cc(Cl)cn3)cc2)cc1. The first-order valence-electron chi connectivity index (χ1n) is 8.90. The molecule has 0 aliphatic rings. The summed E-state index contributed by atoms with van der Waals surface area (Å²) >= 11 is 5.86. The van der Waals surface area contributed by atoms with Gasteiger partial charge in [-0.25, -0.2) is 5.43 Å². The van der Waals surface area contributed by atoms with E-state index in [9.17, 15) is 9.59 Å². The van der Waals surface area contributed by atoms with Crippen molar-refractivity contribution in [3.05, 3.63) is 82.6 Å². The van der Waals surface area contributed by atoms with E-state index in [-0.39, 0.29) is 11.8 Å². The number of rotatable bonds is 6. The summed E-state index contributed by atoms with van der Waals surface area (Å²) < 4.78 is 1.72. The molecule has 8 heteroatoms. The quantitative estimate of drug-likeness (QED) is 0.480. The molecule has 0 radical (unpaired) electrons. The van der Waals surface area contributed by atoms with Crippen LogP contribution in [0.5, 0.6) is 0 Å². The smallest absolute Gasteiger partial charge is 0.271 e. The summed E-state index contributed by atoms with van der Waals surface area (Å²) in [6.45, 7) is 3.82. The molecule has 0 aliphatic heterocycles. The maximum Gasteiger partial charge on any atom is 0.271 e. The zero-order valence-electron chi connectivity index (χ0n) is 16.0. The highest BCUT2D eigenvalue weighted by atomic mass is 35.5. The summed E-state index contributed by atoms with van der Waals surface area (Å²) in [4.78, 5) is 23.4. The first-order chi connectivity index (χ1) is 13.9. The van der Waals surface area contributed by atoms with Gasteiger partial charge in [0, 0.05) is 24.4 Å². The predicted octanol–water partition coefficient (Wildman–Crippen LogP) is 3.70. The molecule has 29 heavy (non-hydrogen) atoms. The highest BCUT2D eigenvalue weighted by molar-refractivity contribution is 6.30. The molecule has 3 rings (SSSR count). The first-order valence-corrected chi connectivity index (χ1v) is 9.28. The highest BCUT2D eigenvalue weighted by Gasteiger charge is 2.06. The summed E-state index contributed by atoms with van der Waals surface area (Å²) in [7, 11) is 0. The number of carbonyl (C=O) groups is 2. The molecule has 148 valence electrons. The van der Waals surface area contributed by atoms with Crippen molar-refractivity contribution in [2.45, 2.75) is 20.4 Å². The number of nitrogens with one attached hydrogen (secondary N) is 2. The minimum Gasteiger partial charge on any atom is -0.326 e. The van der Waals surface area contributed by atoms with E-state index >= 15 is 0 Å². The van der Waals surface area contributed by atoms with E-state index in [0.29, 0.717) is 28.5 Å². The van der Waals surface area contributed by atoms with Gasteiger partial charge in [-0.3, -0.25) is 14.3 Å². The summed E-state index contributed by atoms with van der Waals surface area (Å²) in [6.07, 6.45) is 3.32. The number of nitrogens with zero attached hydrogens (tertiary/aromatic N) is 3. The van der Waals surface area contributed by atoms with Crippen LogP contribution in [0.3, 0.4) is 0 Å². The average Bonchev–Trinajstić information content (AvgIpc) is 3.11. The van der Waals surface area contributed by atoms with E-state index in [1.54, 1.807) is 48.3 Å². The van der Waals surface area contributed by atoms with Gasteiger partial charge in [0.15, 0.2) is 0 Å². The van der Waals surface area contributed by atoms with Gasteiger partial charge >= 0.3 is 0 Å². The molecule has 0 fully saturated rings. The van der Waals surface area contributed by atoms with E-state index in [0.717, 1.165) is 11.1 Å². The van der Waals surface area contributed by atoms with Crippen molar-refractivity contribution >= 4 is 34.8 Å². The number of hydrogen-bond acceptors (Lipinski definition) is 4. The molecular formula is C21H20ClN5O2. The molecule has 2 aromatic carbocycles. The average molecular weight is 410 g/mol. The Morgan fingerprint density at radius 2 is 1.69 bits per heavy atom. The molecular weight excluding hydrogens is 390 g/mol. The van der Waals surface area contributed by atoms with Crippen molar-refractivity contribution in [1.82, 2.24) is 15.2 Å². The fraction of sp³-hybridized carbons (Fsp3) is 0.143.